The Morgan fingerprint density at radius 2 is 2.16 bits per heavy atom. The molecule has 19 heavy (non-hydrogen) atoms. The van der Waals surface area contributed by atoms with Crippen molar-refractivity contribution in [2.24, 2.45) is 7.05 Å². The topological polar surface area (TPSA) is 73.0 Å². The fourth-order valence-corrected chi connectivity index (χ4v) is 1.58. The van der Waals surface area contributed by atoms with Gasteiger partial charge < -0.3 is 9.47 Å². The number of hydrogen-bond donors (Lipinski definition) is 0. The van der Waals surface area contributed by atoms with Crippen LogP contribution in [0, 0.1) is 11.3 Å². The average molecular weight is 258 g/mol. The summed E-state index contributed by atoms with van der Waals surface area (Å²) in [7, 11) is 1.80. The van der Waals surface area contributed by atoms with E-state index in [1.807, 2.05) is 6.92 Å². The van der Waals surface area contributed by atoms with Crippen LogP contribution in [-0.4, -0.2) is 21.6 Å². The molecule has 0 aliphatic carbocycles. The highest BCUT2D eigenvalue weighted by Crippen LogP contribution is 2.28. The van der Waals surface area contributed by atoms with Crippen molar-refractivity contribution in [1.29, 1.82) is 5.26 Å². The molecule has 1 aromatic carbocycles. The van der Waals surface area contributed by atoms with Crippen LogP contribution < -0.4 is 9.47 Å². The summed E-state index contributed by atoms with van der Waals surface area (Å²) in [6.07, 6.45) is 1.78. The molecule has 98 valence electrons. The largest absolute Gasteiger partial charge is 0.490 e. The first-order valence-corrected chi connectivity index (χ1v) is 5.88. The van der Waals surface area contributed by atoms with Crippen molar-refractivity contribution >= 4 is 0 Å². The van der Waals surface area contributed by atoms with Crippen molar-refractivity contribution in [3.8, 4) is 17.6 Å². The molecular weight excluding hydrogens is 244 g/mol. The maximum atomic E-state index is 8.86. The van der Waals surface area contributed by atoms with Crippen molar-refractivity contribution in [2.75, 3.05) is 6.61 Å². The second kappa shape index (κ2) is 5.87. The van der Waals surface area contributed by atoms with E-state index in [1.165, 1.54) is 0 Å². The molecule has 6 nitrogen and oxygen atoms in total. The lowest BCUT2D eigenvalue weighted by Gasteiger charge is -2.10. The predicted octanol–water partition coefficient (Wildman–Crippen LogP) is 1.66. The minimum atomic E-state index is 0.305. The van der Waals surface area contributed by atoms with Crippen LogP contribution in [0.1, 0.15) is 18.2 Å². The van der Waals surface area contributed by atoms with Crippen LogP contribution in [0.2, 0.25) is 0 Å². The van der Waals surface area contributed by atoms with Crippen molar-refractivity contribution < 1.29 is 9.47 Å². The second-order valence-corrected chi connectivity index (χ2v) is 3.88. The van der Waals surface area contributed by atoms with E-state index in [4.69, 9.17) is 14.7 Å². The van der Waals surface area contributed by atoms with Crippen LogP contribution in [0.5, 0.6) is 11.5 Å². The van der Waals surface area contributed by atoms with Crippen LogP contribution in [0.3, 0.4) is 0 Å². The fraction of sp³-hybridized carbons (Fsp3) is 0.308. The van der Waals surface area contributed by atoms with Gasteiger partial charge in [-0.1, -0.05) is 5.21 Å². The van der Waals surface area contributed by atoms with Crippen LogP contribution in [0.25, 0.3) is 0 Å². The van der Waals surface area contributed by atoms with Gasteiger partial charge in [-0.2, -0.15) is 5.26 Å². The quantitative estimate of drug-likeness (QED) is 0.815. The number of nitriles is 1. The minimum Gasteiger partial charge on any atom is -0.490 e. The molecule has 0 aliphatic heterocycles. The molecule has 2 aromatic rings. The minimum absolute atomic E-state index is 0.305. The van der Waals surface area contributed by atoms with Gasteiger partial charge in [0, 0.05) is 13.1 Å². The van der Waals surface area contributed by atoms with E-state index in [0.29, 0.717) is 30.3 Å². The molecule has 0 fully saturated rings. The Bertz CT molecular complexity index is 601. The molecule has 0 atom stereocenters. The van der Waals surface area contributed by atoms with Gasteiger partial charge in [0.25, 0.3) is 0 Å². The highest BCUT2D eigenvalue weighted by Gasteiger charge is 2.08. The Balaban J connectivity index is 2.12. The smallest absolute Gasteiger partial charge is 0.162 e. The van der Waals surface area contributed by atoms with Crippen LogP contribution >= 0.6 is 0 Å². The Kier molecular flexibility index (Phi) is 3.98. The van der Waals surface area contributed by atoms with E-state index in [9.17, 15) is 0 Å². The van der Waals surface area contributed by atoms with Gasteiger partial charge in [-0.25, -0.2) is 0 Å². The summed E-state index contributed by atoms with van der Waals surface area (Å²) < 4.78 is 12.7. The molecule has 0 N–H and O–H groups in total. The molecule has 1 aromatic heterocycles. The van der Waals surface area contributed by atoms with Gasteiger partial charge in [0.15, 0.2) is 11.5 Å². The lowest BCUT2D eigenvalue weighted by atomic mass is 10.2. The van der Waals surface area contributed by atoms with Crippen LogP contribution in [-0.2, 0) is 13.7 Å². The number of benzene rings is 1. The summed E-state index contributed by atoms with van der Waals surface area (Å²) >= 11 is 0. The third-order valence-corrected chi connectivity index (χ3v) is 2.40. The summed E-state index contributed by atoms with van der Waals surface area (Å²) in [5.41, 5.74) is 1.27. The highest BCUT2D eigenvalue weighted by molar-refractivity contribution is 5.46. The van der Waals surface area contributed by atoms with Crippen molar-refractivity contribution in [3.63, 3.8) is 0 Å². The number of ether oxygens (including phenoxy) is 2. The van der Waals surface area contributed by atoms with Gasteiger partial charge in [0.2, 0.25) is 0 Å². The summed E-state index contributed by atoms with van der Waals surface area (Å²) in [5, 5.41) is 16.6. The molecule has 0 amide bonds. The second-order valence-electron chi connectivity index (χ2n) is 3.88. The van der Waals surface area contributed by atoms with E-state index in [0.717, 1.165) is 5.69 Å². The molecule has 0 unspecified atom stereocenters. The normalized spacial score (nSPS) is 9.95. The standard InChI is InChI=1S/C13H14N4O2/c1-3-18-13-6-10(7-14)4-5-12(13)19-9-11-8-17(2)16-15-11/h4-6,8H,3,9H2,1-2H3. The van der Waals surface area contributed by atoms with E-state index in [2.05, 4.69) is 16.4 Å². The molecule has 0 spiro atoms. The number of rotatable bonds is 5. The Labute approximate surface area is 111 Å². The van der Waals surface area contributed by atoms with Crippen molar-refractivity contribution in [3.05, 3.63) is 35.7 Å². The lowest BCUT2D eigenvalue weighted by molar-refractivity contribution is 0.266. The Morgan fingerprint density at radius 1 is 1.32 bits per heavy atom. The van der Waals surface area contributed by atoms with E-state index in [1.54, 1.807) is 36.1 Å². The first-order chi connectivity index (χ1) is 9.22. The van der Waals surface area contributed by atoms with Crippen LogP contribution in [0.4, 0.5) is 0 Å². The molecule has 0 saturated carbocycles. The maximum absolute atomic E-state index is 8.86. The Morgan fingerprint density at radius 3 is 2.79 bits per heavy atom. The first-order valence-electron chi connectivity index (χ1n) is 5.88. The molecule has 1 heterocycles. The predicted molar refractivity (Wildman–Crippen MR) is 67.7 cm³/mol. The fourth-order valence-electron chi connectivity index (χ4n) is 1.58. The number of hydrogen-bond acceptors (Lipinski definition) is 5. The van der Waals surface area contributed by atoms with Crippen LogP contribution in [0.15, 0.2) is 24.4 Å². The van der Waals surface area contributed by atoms with E-state index >= 15 is 0 Å². The van der Waals surface area contributed by atoms with E-state index < -0.39 is 0 Å². The number of nitrogens with zero attached hydrogens (tertiary/aromatic N) is 4. The zero-order valence-electron chi connectivity index (χ0n) is 10.8. The first kappa shape index (κ1) is 12.9. The summed E-state index contributed by atoms with van der Waals surface area (Å²) in [6.45, 7) is 2.70. The van der Waals surface area contributed by atoms with Gasteiger partial charge in [-0.15, -0.1) is 5.10 Å². The summed E-state index contributed by atoms with van der Waals surface area (Å²) in [6, 6.07) is 7.14. The molecule has 6 heteroatoms. The monoisotopic (exact) mass is 258 g/mol. The molecule has 0 saturated heterocycles. The molecule has 2 rings (SSSR count). The van der Waals surface area contributed by atoms with Crippen molar-refractivity contribution in [2.45, 2.75) is 13.5 Å². The summed E-state index contributed by atoms with van der Waals surface area (Å²) in [5.74, 6) is 1.15. The van der Waals surface area contributed by atoms with Gasteiger partial charge in [-0.05, 0) is 19.1 Å². The van der Waals surface area contributed by atoms with Gasteiger partial charge in [0.1, 0.15) is 12.3 Å². The van der Waals surface area contributed by atoms with Crippen molar-refractivity contribution in [1.82, 2.24) is 15.0 Å². The third-order valence-electron chi connectivity index (χ3n) is 2.40. The lowest BCUT2D eigenvalue weighted by Crippen LogP contribution is -2.00. The Hall–Kier alpha value is -2.55. The van der Waals surface area contributed by atoms with Gasteiger partial charge >= 0.3 is 0 Å². The van der Waals surface area contributed by atoms with Gasteiger partial charge in [-0.3, -0.25) is 4.68 Å². The molecular formula is C13H14N4O2. The third kappa shape index (κ3) is 3.22. The zero-order chi connectivity index (χ0) is 13.7. The summed E-state index contributed by atoms with van der Waals surface area (Å²) in [4.78, 5) is 0. The van der Waals surface area contributed by atoms with Gasteiger partial charge in [0.05, 0.1) is 24.4 Å². The highest BCUT2D eigenvalue weighted by atomic mass is 16.5. The number of aryl methyl sites for hydroxylation is 1. The molecule has 0 radical (unpaired) electrons. The molecule has 0 bridgehead atoms. The van der Waals surface area contributed by atoms with E-state index in [-0.39, 0.29) is 0 Å². The SMILES string of the molecule is CCOc1cc(C#N)ccc1OCc1cn(C)nn1. The maximum Gasteiger partial charge on any atom is 0.162 e. The molecule has 0 aliphatic rings. The zero-order valence-corrected chi connectivity index (χ0v) is 10.8. The number of aromatic nitrogens is 3. The average Bonchev–Trinajstić information content (AvgIpc) is 2.83.